The number of ether oxygens (including phenoxy) is 1. The van der Waals surface area contributed by atoms with Crippen LogP contribution in [-0.2, 0) is 14.3 Å². The van der Waals surface area contributed by atoms with Crippen molar-refractivity contribution in [2.24, 2.45) is 11.8 Å². The lowest BCUT2D eigenvalue weighted by atomic mass is 9.99. The van der Waals surface area contributed by atoms with Crippen molar-refractivity contribution in [3.8, 4) is 0 Å². The Morgan fingerprint density at radius 1 is 1.33 bits per heavy atom. The molecule has 0 aliphatic carbocycles. The molecule has 0 spiro atoms. The molecule has 1 N–H and O–H groups in total. The molecule has 0 saturated carbocycles. The Hall–Kier alpha value is -1.10. The molecule has 0 aromatic heterocycles. The number of carboxylic acids is 1. The molecule has 5 heteroatoms. The molecule has 1 rings (SSSR count). The van der Waals surface area contributed by atoms with Crippen LogP contribution in [0.25, 0.3) is 0 Å². The summed E-state index contributed by atoms with van der Waals surface area (Å²) in [7, 11) is 0. The van der Waals surface area contributed by atoms with Crippen LogP contribution in [0.15, 0.2) is 0 Å². The SMILES string of the molecule is CCCCCOCC(=O)N1C[C@@H](C)[C@H](C(=O)O)C1. The van der Waals surface area contributed by atoms with Crippen molar-refractivity contribution >= 4 is 11.9 Å². The lowest BCUT2D eigenvalue weighted by molar-refractivity contribution is -0.142. The Morgan fingerprint density at radius 3 is 2.61 bits per heavy atom. The number of likely N-dealkylation sites (tertiary alicyclic amines) is 1. The number of nitrogens with zero attached hydrogens (tertiary/aromatic N) is 1. The Labute approximate surface area is 108 Å². The van der Waals surface area contributed by atoms with E-state index in [4.69, 9.17) is 9.84 Å². The second-order valence-corrected chi connectivity index (χ2v) is 4.98. The molecule has 1 amide bonds. The minimum absolute atomic E-state index is 0.0199. The van der Waals surface area contributed by atoms with E-state index in [1.54, 1.807) is 4.90 Å². The summed E-state index contributed by atoms with van der Waals surface area (Å²) in [6.07, 6.45) is 3.20. The topological polar surface area (TPSA) is 66.8 Å². The van der Waals surface area contributed by atoms with Gasteiger partial charge in [-0.15, -0.1) is 0 Å². The average Bonchev–Trinajstić information content (AvgIpc) is 2.71. The standard InChI is InChI=1S/C13H23NO4/c1-3-4-5-6-18-9-12(15)14-7-10(2)11(8-14)13(16)17/h10-11H,3-9H2,1-2H3,(H,16,17)/t10-,11-/m1/s1. The Bertz CT molecular complexity index is 293. The van der Waals surface area contributed by atoms with Gasteiger partial charge in [0.25, 0.3) is 0 Å². The smallest absolute Gasteiger partial charge is 0.308 e. The Balaban J connectivity index is 2.25. The van der Waals surface area contributed by atoms with Gasteiger partial charge >= 0.3 is 5.97 Å². The first-order valence-corrected chi connectivity index (χ1v) is 6.64. The van der Waals surface area contributed by atoms with E-state index in [0.29, 0.717) is 19.7 Å². The molecule has 1 saturated heterocycles. The molecule has 1 fully saturated rings. The summed E-state index contributed by atoms with van der Waals surface area (Å²) in [6.45, 7) is 5.49. The highest BCUT2D eigenvalue weighted by atomic mass is 16.5. The molecule has 1 heterocycles. The second kappa shape index (κ2) is 7.36. The summed E-state index contributed by atoms with van der Waals surface area (Å²) >= 11 is 0. The number of unbranched alkanes of at least 4 members (excludes halogenated alkanes) is 2. The van der Waals surface area contributed by atoms with Crippen LogP contribution in [0.2, 0.25) is 0 Å². The Kier molecular flexibility index (Phi) is 6.12. The molecule has 18 heavy (non-hydrogen) atoms. The van der Waals surface area contributed by atoms with Gasteiger partial charge in [0.1, 0.15) is 6.61 Å². The van der Waals surface area contributed by atoms with Gasteiger partial charge in [-0.25, -0.2) is 0 Å². The highest BCUT2D eigenvalue weighted by molar-refractivity contribution is 5.79. The quantitative estimate of drug-likeness (QED) is 0.700. The zero-order valence-corrected chi connectivity index (χ0v) is 11.2. The normalized spacial score (nSPS) is 23.3. The van der Waals surface area contributed by atoms with E-state index in [1.165, 1.54) is 0 Å². The van der Waals surface area contributed by atoms with Crippen molar-refractivity contribution in [2.75, 3.05) is 26.3 Å². The third-order valence-electron chi connectivity index (χ3n) is 3.40. The minimum Gasteiger partial charge on any atom is -0.481 e. The maximum atomic E-state index is 11.8. The fourth-order valence-corrected chi connectivity index (χ4v) is 2.20. The van der Waals surface area contributed by atoms with Crippen molar-refractivity contribution in [3.63, 3.8) is 0 Å². The van der Waals surface area contributed by atoms with Crippen molar-refractivity contribution in [2.45, 2.75) is 33.1 Å². The molecule has 1 aliphatic heterocycles. The highest BCUT2D eigenvalue weighted by Crippen LogP contribution is 2.23. The van der Waals surface area contributed by atoms with Gasteiger partial charge in [-0.1, -0.05) is 26.7 Å². The molecule has 0 unspecified atom stereocenters. The van der Waals surface area contributed by atoms with Crippen LogP contribution in [-0.4, -0.2) is 48.2 Å². The molecular weight excluding hydrogens is 234 g/mol. The van der Waals surface area contributed by atoms with Crippen LogP contribution in [0.5, 0.6) is 0 Å². The van der Waals surface area contributed by atoms with Gasteiger partial charge in [-0.3, -0.25) is 9.59 Å². The second-order valence-electron chi connectivity index (χ2n) is 4.98. The van der Waals surface area contributed by atoms with E-state index in [-0.39, 0.29) is 18.4 Å². The van der Waals surface area contributed by atoms with E-state index in [1.807, 2.05) is 6.92 Å². The van der Waals surface area contributed by atoms with E-state index in [2.05, 4.69) is 6.92 Å². The van der Waals surface area contributed by atoms with Crippen molar-refractivity contribution in [1.82, 2.24) is 4.90 Å². The highest BCUT2D eigenvalue weighted by Gasteiger charge is 2.36. The molecule has 5 nitrogen and oxygen atoms in total. The zero-order valence-electron chi connectivity index (χ0n) is 11.2. The van der Waals surface area contributed by atoms with Gasteiger partial charge in [0.05, 0.1) is 5.92 Å². The predicted molar refractivity (Wildman–Crippen MR) is 67.2 cm³/mol. The van der Waals surface area contributed by atoms with Gasteiger partial charge in [0.2, 0.25) is 5.91 Å². The molecule has 0 aromatic rings. The summed E-state index contributed by atoms with van der Waals surface area (Å²) in [5.41, 5.74) is 0. The lowest BCUT2D eigenvalue weighted by Crippen LogP contribution is -2.33. The van der Waals surface area contributed by atoms with Crippen LogP contribution >= 0.6 is 0 Å². The summed E-state index contributed by atoms with van der Waals surface area (Å²) in [5.74, 6) is -1.33. The molecule has 0 radical (unpaired) electrons. The first-order valence-electron chi connectivity index (χ1n) is 6.64. The maximum Gasteiger partial charge on any atom is 0.308 e. The number of carbonyl (C=O) groups excluding carboxylic acids is 1. The van der Waals surface area contributed by atoms with Crippen LogP contribution in [0, 0.1) is 11.8 Å². The molecule has 0 aromatic carbocycles. The molecule has 0 bridgehead atoms. The third kappa shape index (κ3) is 4.29. The minimum atomic E-state index is -0.818. The largest absolute Gasteiger partial charge is 0.481 e. The molecule has 2 atom stereocenters. The van der Waals surface area contributed by atoms with E-state index in [0.717, 1.165) is 19.3 Å². The summed E-state index contributed by atoms with van der Waals surface area (Å²) in [5, 5.41) is 8.99. The van der Waals surface area contributed by atoms with Crippen molar-refractivity contribution in [3.05, 3.63) is 0 Å². The van der Waals surface area contributed by atoms with Crippen molar-refractivity contribution < 1.29 is 19.4 Å². The van der Waals surface area contributed by atoms with Crippen LogP contribution < -0.4 is 0 Å². The Morgan fingerprint density at radius 2 is 2.06 bits per heavy atom. The van der Waals surface area contributed by atoms with Gasteiger partial charge in [0, 0.05) is 19.7 Å². The molecule has 1 aliphatic rings. The summed E-state index contributed by atoms with van der Waals surface area (Å²) in [6, 6.07) is 0. The number of rotatable bonds is 7. The first-order chi connectivity index (χ1) is 8.56. The summed E-state index contributed by atoms with van der Waals surface area (Å²) in [4.78, 5) is 24.3. The number of hydrogen-bond acceptors (Lipinski definition) is 3. The first kappa shape index (κ1) is 15.0. The van der Waals surface area contributed by atoms with Gasteiger partial charge in [0.15, 0.2) is 0 Å². The fraction of sp³-hybridized carbons (Fsp3) is 0.846. The summed E-state index contributed by atoms with van der Waals surface area (Å²) < 4.78 is 5.30. The number of carboxylic acid groups (broad SMARTS) is 1. The number of carbonyl (C=O) groups is 2. The average molecular weight is 257 g/mol. The number of hydrogen-bond donors (Lipinski definition) is 1. The zero-order chi connectivity index (χ0) is 13.5. The fourth-order valence-electron chi connectivity index (χ4n) is 2.20. The van der Waals surface area contributed by atoms with E-state index < -0.39 is 11.9 Å². The predicted octanol–water partition coefficient (Wildman–Crippen LogP) is 1.37. The van der Waals surface area contributed by atoms with Gasteiger partial charge in [-0.2, -0.15) is 0 Å². The van der Waals surface area contributed by atoms with Gasteiger partial charge < -0.3 is 14.7 Å². The molecular formula is C13H23NO4. The monoisotopic (exact) mass is 257 g/mol. The number of aliphatic carboxylic acids is 1. The lowest BCUT2D eigenvalue weighted by Gasteiger charge is -2.15. The van der Waals surface area contributed by atoms with Crippen LogP contribution in [0.3, 0.4) is 0 Å². The third-order valence-corrected chi connectivity index (χ3v) is 3.40. The van der Waals surface area contributed by atoms with Gasteiger partial charge in [-0.05, 0) is 12.3 Å². The maximum absolute atomic E-state index is 11.8. The van der Waals surface area contributed by atoms with E-state index in [9.17, 15) is 9.59 Å². The van der Waals surface area contributed by atoms with Crippen molar-refractivity contribution in [1.29, 1.82) is 0 Å². The number of amides is 1. The van der Waals surface area contributed by atoms with Crippen LogP contribution in [0.1, 0.15) is 33.1 Å². The molecule has 104 valence electrons. The van der Waals surface area contributed by atoms with E-state index >= 15 is 0 Å². The van der Waals surface area contributed by atoms with Crippen LogP contribution in [0.4, 0.5) is 0 Å².